The topological polar surface area (TPSA) is 56.6 Å². The summed E-state index contributed by atoms with van der Waals surface area (Å²) in [6, 6.07) is 9.35. The van der Waals surface area contributed by atoms with Gasteiger partial charge in [-0.1, -0.05) is 45.0 Å². The number of likely N-dealkylation sites (tertiary alicyclic amines) is 1. The number of hydrogen-bond acceptors (Lipinski definition) is 6. The summed E-state index contributed by atoms with van der Waals surface area (Å²) in [7, 11) is 0. The molecule has 1 aromatic heterocycles. The molecule has 1 atom stereocenters. The average Bonchev–Trinajstić information content (AvgIpc) is 3.46. The summed E-state index contributed by atoms with van der Waals surface area (Å²) in [4.78, 5) is 25.4. The second-order valence-corrected chi connectivity index (χ2v) is 16.9. The van der Waals surface area contributed by atoms with Crippen molar-refractivity contribution in [2.24, 2.45) is 11.3 Å². The zero-order valence-corrected chi connectivity index (χ0v) is 30.2. The van der Waals surface area contributed by atoms with Crippen molar-refractivity contribution in [2.75, 3.05) is 58.9 Å². The molecular weight excluding hydrogens is 556 g/mol. The highest BCUT2D eigenvalue weighted by atomic mass is 16.1. The van der Waals surface area contributed by atoms with Gasteiger partial charge >= 0.3 is 0 Å². The Morgan fingerprint density at radius 3 is 2.16 bits per heavy atom. The number of nitrogens with one attached hydrogen (secondary N) is 1. The molecule has 45 heavy (non-hydrogen) atoms. The minimum absolute atomic E-state index is 0.114. The van der Waals surface area contributed by atoms with Gasteiger partial charge in [-0.25, -0.2) is 4.98 Å². The number of aryl methyl sites for hydroxylation is 1. The molecule has 0 bridgehead atoms. The zero-order chi connectivity index (χ0) is 32.8. The molecule has 2 aromatic rings. The molecule has 3 heterocycles. The van der Waals surface area contributed by atoms with E-state index in [2.05, 4.69) is 117 Å². The standard InChI is InChI=1S/C38H64N6O/c1-30(25-40-37(5,6)7)43-26-34(39-29-43)32-14-12-31(13-15-32)11-10-18-38(8,9)44-23-21-41(22-24-44)27-35(45)33-16-19-42(20-17-33)28-36(2,3)4/h12-15,26,29-30,33,40H,10-11,16-25,27-28H2,1-9H3/t30-/m1/s1. The molecule has 2 aliphatic rings. The van der Waals surface area contributed by atoms with E-state index in [9.17, 15) is 4.79 Å². The van der Waals surface area contributed by atoms with Gasteiger partial charge in [0.05, 0.1) is 18.6 Å². The lowest BCUT2D eigenvalue weighted by atomic mass is 9.89. The van der Waals surface area contributed by atoms with Crippen molar-refractivity contribution in [3.8, 4) is 11.3 Å². The molecule has 7 heteroatoms. The van der Waals surface area contributed by atoms with Crippen molar-refractivity contribution >= 4 is 5.78 Å². The number of imidazole rings is 1. The minimum atomic E-state index is 0.114. The first-order valence-corrected chi connectivity index (χ1v) is 17.7. The molecule has 0 aliphatic carbocycles. The summed E-state index contributed by atoms with van der Waals surface area (Å²) >= 11 is 0. The van der Waals surface area contributed by atoms with Gasteiger partial charge in [0.25, 0.3) is 0 Å². The van der Waals surface area contributed by atoms with Crippen LogP contribution >= 0.6 is 0 Å². The second-order valence-electron chi connectivity index (χ2n) is 16.9. The molecule has 0 unspecified atom stereocenters. The lowest BCUT2D eigenvalue weighted by Crippen LogP contribution is -2.55. The Labute approximate surface area is 275 Å². The molecule has 0 radical (unpaired) electrons. The molecule has 252 valence electrons. The van der Waals surface area contributed by atoms with E-state index in [1.54, 1.807) is 0 Å². The second kappa shape index (κ2) is 15.2. The van der Waals surface area contributed by atoms with Crippen LogP contribution in [0.5, 0.6) is 0 Å². The highest BCUT2D eigenvalue weighted by Crippen LogP contribution is 2.26. The summed E-state index contributed by atoms with van der Waals surface area (Å²) in [5.41, 5.74) is 4.21. The van der Waals surface area contributed by atoms with Gasteiger partial charge in [0, 0.05) is 74.1 Å². The van der Waals surface area contributed by atoms with Crippen molar-refractivity contribution in [1.29, 1.82) is 0 Å². The number of Topliss-reactive ketones (excluding diaryl/α,β-unsaturated/α-hetero) is 1. The van der Waals surface area contributed by atoms with Crippen LogP contribution in [0.4, 0.5) is 0 Å². The average molecular weight is 621 g/mol. The van der Waals surface area contributed by atoms with Gasteiger partial charge in [0.15, 0.2) is 0 Å². The number of piperidine rings is 1. The van der Waals surface area contributed by atoms with Gasteiger partial charge in [0.2, 0.25) is 0 Å². The first-order chi connectivity index (χ1) is 21.1. The lowest BCUT2D eigenvalue weighted by Gasteiger charge is -2.44. The van der Waals surface area contributed by atoms with Gasteiger partial charge in [-0.2, -0.15) is 0 Å². The molecule has 1 aromatic carbocycles. The van der Waals surface area contributed by atoms with Gasteiger partial charge < -0.3 is 14.8 Å². The van der Waals surface area contributed by atoms with Crippen molar-refractivity contribution < 1.29 is 4.79 Å². The Bertz CT molecular complexity index is 1190. The fourth-order valence-electron chi connectivity index (χ4n) is 6.96. The van der Waals surface area contributed by atoms with Gasteiger partial charge in [-0.3, -0.25) is 14.6 Å². The van der Waals surface area contributed by atoms with E-state index in [4.69, 9.17) is 4.98 Å². The van der Waals surface area contributed by atoms with Crippen molar-refractivity contribution in [3.05, 3.63) is 42.4 Å². The summed E-state index contributed by atoms with van der Waals surface area (Å²) in [6.07, 6.45) is 9.62. The van der Waals surface area contributed by atoms with Crippen LogP contribution in [0.2, 0.25) is 0 Å². The van der Waals surface area contributed by atoms with E-state index in [1.165, 1.54) is 24.0 Å². The molecule has 0 amide bonds. The summed E-state index contributed by atoms with van der Waals surface area (Å²) in [6.45, 7) is 29.5. The van der Waals surface area contributed by atoms with Crippen molar-refractivity contribution in [3.63, 3.8) is 0 Å². The van der Waals surface area contributed by atoms with Crippen LogP contribution in [-0.2, 0) is 11.2 Å². The molecule has 2 aliphatic heterocycles. The van der Waals surface area contributed by atoms with E-state index in [-0.39, 0.29) is 17.0 Å². The minimum Gasteiger partial charge on any atom is -0.333 e. The number of benzene rings is 1. The number of ketones is 1. The fraction of sp³-hybridized carbons (Fsp3) is 0.737. The van der Waals surface area contributed by atoms with Crippen LogP contribution in [-0.4, -0.2) is 100 Å². The van der Waals surface area contributed by atoms with E-state index in [1.807, 2.05) is 6.33 Å². The maximum atomic E-state index is 13.1. The molecular formula is C38H64N6O. The smallest absolute Gasteiger partial charge is 0.149 e. The maximum Gasteiger partial charge on any atom is 0.149 e. The highest BCUT2D eigenvalue weighted by Gasteiger charge is 2.32. The van der Waals surface area contributed by atoms with Crippen LogP contribution in [0.3, 0.4) is 0 Å². The Balaban J connectivity index is 1.16. The number of nitrogens with zero attached hydrogens (tertiary/aromatic N) is 5. The SMILES string of the molecule is C[C@H](CNC(C)(C)C)n1cnc(-c2ccc(CCCC(C)(C)N3CCN(CC(=O)C4CCN(CC(C)(C)C)CC4)CC3)cc2)c1. The number of carbonyl (C=O) groups is 1. The summed E-state index contributed by atoms with van der Waals surface area (Å²) < 4.78 is 2.21. The third-order valence-corrected chi connectivity index (χ3v) is 9.89. The Morgan fingerprint density at radius 2 is 1.56 bits per heavy atom. The van der Waals surface area contributed by atoms with E-state index in [0.29, 0.717) is 23.8 Å². The van der Waals surface area contributed by atoms with Crippen molar-refractivity contribution in [2.45, 2.75) is 112 Å². The molecule has 2 saturated heterocycles. The normalized spacial score (nSPS) is 19.2. The monoisotopic (exact) mass is 621 g/mol. The van der Waals surface area contributed by atoms with Crippen LogP contribution in [0.1, 0.15) is 99.6 Å². The number of carbonyl (C=O) groups excluding carboxylic acids is 1. The first kappa shape index (κ1) is 35.8. The Hall–Kier alpha value is -2.06. The number of hydrogen-bond donors (Lipinski definition) is 1. The molecule has 2 fully saturated rings. The van der Waals surface area contributed by atoms with E-state index < -0.39 is 0 Å². The summed E-state index contributed by atoms with van der Waals surface area (Å²) in [5, 5.41) is 3.59. The van der Waals surface area contributed by atoms with Crippen molar-refractivity contribution in [1.82, 2.24) is 29.6 Å². The third kappa shape index (κ3) is 11.3. The zero-order valence-electron chi connectivity index (χ0n) is 30.2. The van der Waals surface area contributed by atoms with Crippen LogP contribution in [0, 0.1) is 11.3 Å². The predicted octanol–water partition coefficient (Wildman–Crippen LogP) is 6.55. The summed E-state index contributed by atoms with van der Waals surface area (Å²) in [5.74, 6) is 0.729. The molecule has 1 N–H and O–H groups in total. The Morgan fingerprint density at radius 1 is 0.911 bits per heavy atom. The lowest BCUT2D eigenvalue weighted by molar-refractivity contribution is -0.126. The molecule has 0 spiro atoms. The Kier molecular flexibility index (Phi) is 12.1. The highest BCUT2D eigenvalue weighted by molar-refractivity contribution is 5.83. The van der Waals surface area contributed by atoms with E-state index in [0.717, 1.165) is 77.3 Å². The fourth-order valence-corrected chi connectivity index (χ4v) is 6.96. The molecule has 0 saturated carbocycles. The van der Waals surface area contributed by atoms with Crippen LogP contribution < -0.4 is 5.32 Å². The van der Waals surface area contributed by atoms with Gasteiger partial charge in [-0.05, 0) is 97.7 Å². The van der Waals surface area contributed by atoms with Gasteiger partial charge in [0.1, 0.15) is 5.78 Å². The number of rotatable bonds is 13. The maximum absolute atomic E-state index is 13.1. The number of aromatic nitrogens is 2. The van der Waals surface area contributed by atoms with Crippen LogP contribution in [0.15, 0.2) is 36.8 Å². The largest absolute Gasteiger partial charge is 0.333 e. The van der Waals surface area contributed by atoms with Crippen LogP contribution in [0.25, 0.3) is 11.3 Å². The van der Waals surface area contributed by atoms with Gasteiger partial charge in [-0.15, -0.1) is 0 Å². The number of piperazine rings is 1. The molecule has 4 rings (SSSR count). The third-order valence-electron chi connectivity index (χ3n) is 9.89. The van der Waals surface area contributed by atoms with E-state index >= 15 is 0 Å². The predicted molar refractivity (Wildman–Crippen MR) is 189 cm³/mol. The quantitative estimate of drug-likeness (QED) is 0.274. The first-order valence-electron chi connectivity index (χ1n) is 17.7. The molecule has 7 nitrogen and oxygen atoms in total.